The number of rotatable bonds is 6. The number of nitrogens with zero attached hydrogens (tertiary/aromatic N) is 2. The Labute approximate surface area is 164 Å². The quantitative estimate of drug-likeness (QED) is 0.810. The minimum atomic E-state index is -3.03. The number of nitrogens with two attached hydrogens (primary N) is 1. The average molecular weight is 392 g/mol. The Morgan fingerprint density at radius 1 is 1.15 bits per heavy atom. The van der Waals surface area contributed by atoms with Crippen molar-refractivity contribution in [2.45, 2.75) is 58.8 Å². The molecule has 3 rings (SSSR count). The summed E-state index contributed by atoms with van der Waals surface area (Å²) in [7, 11) is 0.909. The van der Waals surface area contributed by atoms with E-state index in [4.69, 9.17) is 5.14 Å². The number of amides is 1. The first-order valence-corrected chi connectivity index (χ1v) is 11.7. The number of fused-ring (bicyclic) bond motifs is 2. The summed E-state index contributed by atoms with van der Waals surface area (Å²) in [6.07, 6.45) is 6.85. The van der Waals surface area contributed by atoms with Gasteiger partial charge in [-0.2, -0.15) is 0 Å². The summed E-state index contributed by atoms with van der Waals surface area (Å²) in [4.78, 5) is 14.7. The van der Waals surface area contributed by atoms with Gasteiger partial charge < -0.3 is 4.90 Å². The third-order valence-corrected chi connectivity index (χ3v) is 7.23. The van der Waals surface area contributed by atoms with Gasteiger partial charge in [-0.05, 0) is 85.9 Å². The monoisotopic (exact) mass is 391 g/mol. The molecule has 150 valence electrons. The van der Waals surface area contributed by atoms with Gasteiger partial charge in [0.25, 0.3) is 5.91 Å². The topological polar surface area (TPSA) is 75.8 Å². The lowest BCUT2D eigenvalue weighted by molar-refractivity contribution is -0.117. The molecule has 1 unspecified atom stereocenters. The molecule has 0 heterocycles. The lowest BCUT2D eigenvalue weighted by Gasteiger charge is -2.28. The second kappa shape index (κ2) is 7.64. The Bertz CT molecular complexity index is 832. The Balaban J connectivity index is 1.82. The Hall–Kier alpha value is -1.24. The van der Waals surface area contributed by atoms with Crippen molar-refractivity contribution in [2.24, 2.45) is 14.9 Å². The van der Waals surface area contributed by atoms with Gasteiger partial charge in [-0.3, -0.25) is 4.79 Å². The predicted molar refractivity (Wildman–Crippen MR) is 111 cm³/mol. The van der Waals surface area contributed by atoms with Crippen molar-refractivity contribution in [3.63, 3.8) is 0 Å². The number of hydrogen-bond donors (Lipinski definition) is 1. The van der Waals surface area contributed by atoms with E-state index in [0.717, 1.165) is 50.6 Å². The molecule has 1 aromatic carbocycles. The summed E-state index contributed by atoms with van der Waals surface area (Å²) in [5, 5.41) is 5.98. The van der Waals surface area contributed by atoms with Gasteiger partial charge in [-0.25, -0.2) is 9.35 Å². The second-order valence-electron chi connectivity index (χ2n) is 9.24. The zero-order valence-electron chi connectivity index (χ0n) is 17.1. The second-order valence-corrected chi connectivity index (χ2v) is 11.1. The van der Waals surface area contributed by atoms with Crippen molar-refractivity contribution in [1.82, 2.24) is 4.90 Å². The van der Waals surface area contributed by atoms with Gasteiger partial charge in [0.2, 0.25) is 0 Å². The SMILES string of the molecule is CN(C)CC(C)(C)CS(N)(=O)=NC(=O)Cc1c2c(cc3c1CCC3)CCC2. The lowest BCUT2D eigenvalue weighted by Crippen LogP contribution is -2.37. The van der Waals surface area contributed by atoms with Crippen LogP contribution in [0.3, 0.4) is 0 Å². The van der Waals surface area contributed by atoms with Gasteiger partial charge in [0, 0.05) is 6.54 Å². The van der Waals surface area contributed by atoms with E-state index < -0.39 is 9.92 Å². The Morgan fingerprint density at radius 2 is 1.70 bits per heavy atom. The third kappa shape index (κ3) is 4.98. The molecule has 0 saturated carbocycles. The maximum Gasteiger partial charge on any atom is 0.259 e. The third-order valence-electron chi connectivity index (χ3n) is 5.52. The van der Waals surface area contributed by atoms with Crippen molar-refractivity contribution < 1.29 is 9.00 Å². The van der Waals surface area contributed by atoms with Crippen LogP contribution in [0, 0.1) is 5.41 Å². The summed E-state index contributed by atoms with van der Waals surface area (Å²) >= 11 is 0. The molecule has 1 atom stereocenters. The van der Waals surface area contributed by atoms with Crippen LogP contribution in [0.25, 0.3) is 0 Å². The van der Waals surface area contributed by atoms with E-state index in [0.29, 0.717) is 0 Å². The molecule has 6 heteroatoms. The molecular formula is C21H33N3O2S. The van der Waals surface area contributed by atoms with Gasteiger partial charge in [-0.1, -0.05) is 19.9 Å². The highest BCUT2D eigenvalue weighted by Crippen LogP contribution is 2.35. The molecule has 1 amide bonds. The summed E-state index contributed by atoms with van der Waals surface area (Å²) in [6.45, 7) is 4.76. The zero-order chi connectivity index (χ0) is 19.8. The van der Waals surface area contributed by atoms with E-state index in [2.05, 4.69) is 10.4 Å². The zero-order valence-corrected chi connectivity index (χ0v) is 18.0. The summed E-state index contributed by atoms with van der Waals surface area (Å²) in [6, 6.07) is 2.35. The Kier molecular flexibility index (Phi) is 5.80. The van der Waals surface area contributed by atoms with Gasteiger partial charge in [-0.15, -0.1) is 4.36 Å². The minimum absolute atomic E-state index is 0.217. The van der Waals surface area contributed by atoms with Crippen LogP contribution in [0.2, 0.25) is 0 Å². The average Bonchev–Trinajstić information content (AvgIpc) is 3.11. The van der Waals surface area contributed by atoms with Crippen LogP contribution in [0.15, 0.2) is 10.4 Å². The van der Waals surface area contributed by atoms with E-state index >= 15 is 0 Å². The molecular weight excluding hydrogens is 358 g/mol. The number of carbonyl (C=O) groups is 1. The van der Waals surface area contributed by atoms with Crippen LogP contribution in [0.1, 0.15) is 54.5 Å². The first-order chi connectivity index (χ1) is 12.6. The smallest absolute Gasteiger partial charge is 0.259 e. The molecule has 0 bridgehead atoms. The maximum absolute atomic E-state index is 12.8. The summed E-state index contributed by atoms with van der Waals surface area (Å²) < 4.78 is 16.8. The number of benzene rings is 1. The van der Waals surface area contributed by atoms with Crippen molar-refractivity contribution >= 4 is 15.8 Å². The minimum Gasteiger partial charge on any atom is -0.309 e. The van der Waals surface area contributed by atoms with Gasteiger partial charge in [0.1, 0.15) is 9.92 Å². The predicted octanol–water partition coefficient (Wildman–Crippen LogP) is 2.66. The van der Waals surface area contributed by atoms with E-state index in [1.165, 1.54) is 22.3 Å². The number of hydrogen-bond acceptors (Lipinski definition) is 3. The highest BCUT2D eigenvalue weighted by molar-refractivity contribution is 7.91. The molecule has 2 aliphatic rings. The largest absolute Gasteiger partial charge is 0.309 e. The summed E-state index contributed by atoms with van der Waals surface area (Å²) in [5.41, 5.74) is 6.38. The highest BCUT2D eigenvalue weighted by Gasteiger charge is 2.27. The lowest BCUT2D eigenvalue weighted by atomic mass is 9.92. The van der Waals surface area contributed by atoms with Gasteiger partial charge in [0.15, 0.2) is 0 Å². The first kappa shape index (κ1) is 20.5. The molecule has 0 spiro atoms. The van der Waals surface area contributed by atoms with Crippen molar-refractivity contribution in [2.75, 3.05) is 26.4 Å². The number of carbonyl (C=O) groups excluding carboxylic acids is 1. The molecule has 0 radical (unpaired) electrons. The molecule has 0 saturated heterocycles. The highest BCUT2D eigenvalue weighted by atomic mass is 32.2. The van der Waals surface area contributed by atoms with Crippen LogP contribution in [0.4, 0.5) is 0 Å². The Morgan fingerprint density at radius 3 is 2.22 bits per heavy atom. The van der Waals surface area contributed by atoms with E-state index in [-0.39, 0.29) is 23.5 Å². The van der Waals surface area contributed by atoms with Crippen LogP contribution in [0.5, 0.6) is 0 Å². The molecule has 0 aliphatic heterocycles. The standard InChI is InChI=1S/C21H33N3O2S/c1-21(2,13-24(3)4)14-27(22,26)23-20(25)12-19-17-9-5-7-15(17)11-16-8-6-10-18(16)19/h11H,5-10,12-14H2,1-4H3,(H2,22,23,25,26). The van der Waals surface area contributed by atoms with Crippen LogP contribution >= 0.6 is 0 Å². The van der Waals surface area contributed by atoms with Crippen molar-refractivity contribution in [1.29, 1.82) is 0 Å². The van der Waals surface area contributed by atoms with Crippen LogP contribution < -0.4 is 5.14 Å². The molecule has 0 fully saturated rings. The fraction of sp³-hybridized carbons (Fsp3) is 0.667. The molecule has 1 aromatic rings. The fourth-order valence-corrected chi connectivity index (χ4v) is 6.68. The molecule has 0 aromatic heterocycles. The number of aryl methyl sites for hydroxylation is 2. The fourth-order valence-electron chi connectivity index (χ4n) is 5.00. The molecule has 27 heavy (non-hydrogen) atoms. The van der Waals surface area contributed by atoms with Gasteiger partial charge in [0.05, 0.1) is 12.2 Å². The van der Waals surface area contributed by atoms with Crippen LogP contribution in [-0.4, -0.2) is 41.4 Å². The first-order valence-electron chi connectivity index (χ1n) is 9.92. The molecule has 5 nitrogen and oxygen atoms in total. The van der Waals surface area contributed by atoms with E-state index in [1.807, 2.05) is 32.8 Å². The van der Waals surface area contributed by atoms with E-state index in [9.17, 15) is 9.00 Å². The normalized spacial score (nSPS) is 18.3. The summed E-state index contributed by atoms with van der Waals surface area (Å²) in [5.74, 6) is -0.118. The molecule has 2 N–H and O–H groups in total. The molecule has 2 aliphatic carbocycles. The van der Waals surface area contributed by atoms with Gasteiger partial charge >= 0.3 is 0 Å². The van der Waals surface area contributed by atoms with Crippen LogP contribution in [-0.2, 0) is 46.8 Å². The maximum atomic E-state index is 12.8. The van der Waals surface area contributed by atoms with E-state index in [1.54, 1.807) is 0 Å². The van der Waals surface area contributed by atoms with Crippen molar-refractivity contribution in [3.05, 3.63) is 33.9 Å². The van der Waals surface area contributed by atoms with Crippen molar-refractivity contribution in [3.8, 4) is 0 Å².